The summed E-state index contributed by atoms with van der Waals surface area (Å²) in [6, 6.07) is 18.3. The van der Waals surface area contributed by atoms with Gasteiger partial charge >= 0.3 is 0 Å². The second-order valence-electron chi connectivity index (χ2n) is 5.47. The molecule has 2 heteroatoms. The molecule has 0 bridgehead atoms. The molecule has 1 heterocycles. The topological polar surface area (TPSA) is 22.0 Å². The molecule has 0 unspecified atom stereocenters. The van der Waals surface area contributed by atoms with Gasteiger partial charge in [-0.3, -0.25) is 4.57 Å². The van der Waals surface area contributed by atoms with Crippen LogP contribution in [0, 0.1) is 6.92 Å². The molecule has 0 aliphatic rings. The maximum atomic E-state index is 11.5. The molecule has 0 radical (unpaired) electrons. The zero-order chi connectivity index (χ0) is 15.7. The first-order valence-corrected chi connectivity index (χ1v) is 7.21. The summed E-state index contributed by atoms with van der Waals surface area (Å²) in [5.74, 6) is 2.06. The van der Waals surface area contributed by atoms with Crippen LogP contribution in [0.15, 0.2) is 66.7 Å². The number of aromatic nitrogens is 1. The average Bonchev–Trinajstić information content (AvgIpc) is 2.88. The van der Waals surface area contributed by atoms with Crippen LogP contribution in [0.1, 0.15) is 12.5 Å². The largest absolute Gasteiger partial charge is 0.300 e. The molecule has 1 aromatic heterocycles. The number of nitrogens with zero attached hydrogens (tertiary/aromatic N) is 1. The van der Waals surface area contributed by atoms with Crippen molar-refractivity contribution >= 4 is 22.5 Å². The van der Waals surface area contributed by atoms with E-state index in [-0.39, 0.29) is 0 Å². The fourth-order valence-corrected chi connectivity index (χ4v) is 2.78. The number of para-hydroxylation sites is 1. The SMILES string of the molecule is C=C(C)C(=C=O)n1c(-c2ccccc2C)cc2ccccc21. The lowest BCUT2D eigenvalue weighted by atomic mass is 10.1. The van der Waals surface area contributed by atoms with Crippen LogP contribution in [0.3, 0.4) is 0 Å². The second kappa shape index (κ2) is 5.51. The maximum Gasteiger partial charge on any atom is 0.151 e. The lowest BCUT2D eigenvalue weighted by Crippen LogP contribution is -2.01. The monoisotopic (exact) mass is 287 g/mol. The Morgan fingerprint density at radius 2 is 1.77 bits per heavy atom. The van der Waals surface area contributed by atoms with Gasteiger partial charge in [-0.1, -0.05) is 49.0 Å². The second-order valence-corrected chi connectivity index (χ2v) is 5.47. The molecule has 3 aromatic rings. The van der Waals surface area contributed by atoms with Crippen LogP contribution in [0.5, 0.6) is 0 Å². The summed E-state index contributed by atoms with van der Waals surface area (Å²) in [6.07, 6.45) is 0. The smallest absolute Gasteiger partial charge is 0.151 e. The predicted molar refractivity (Wildman–Crippen MR) is 92.3 cm³/mol. The highest BCUT2D eigenvalue weighted by molar-refractivity contribution is 5.98. The van der Waals surface area contributed by atoms with E-state index in [0.29, 0.717) is 11.3 Å². The molecule has 0 N–H and O–H groups in total. The van der Waals surface area contributed by atoms with Gasteiger partial charge in [-0.15, -0.1) is 0 Å². The first kappa shape index (κ1) is 14.1. The van der Waals surface area contributed by atoms with Crippen molar-refractivity contribution in [3.63, 3.8) is 0 Å². The molecular formula is C20H17NO. The number of benzene rings is 2. The van der Waals surface area contributed by atoms with Gasteiger partial charge in [-0.05, 0) is 37.1 Å². The minimum absolute atomic E-state index is 0.472. The van der Waals surface area contributed by atoms with Gasteiger partial charge in [0.05, 0.1) is 11.2 Å². The van der Waals surface area contributed by atoms with Crippen molar-refractivity contribution in [2.24, 2.45) is 0 Å². The minimum atomic E-state index is 0.472. The summed E-state index contributed by atoms with van der Waals surface area (Å²) in [5.41, 5.74) is 5.42. The summed E-state index contributed by atoms with van der Waals surface area (Å²) in [6.45, 7) is 7.83. The quantitative estimate of drug-likeness (QED) is 0.498. The normalized spacial score (nSPS) is 10.5. The van der Waals surface area contributed by atoms with Crippen molar-refractivity contribution in [3.05, 3.63) is 72.3 Å². The molecule has 0 spiro atoms. The Labute approximate surface area is 130 Å². The molecule has 2 aromatic carbocycles. The van der Waals surface area contributed by atoms with Gasteiger partial charge in [0.1, 0.15) is 5.70 Å². The van der Waals surface area contributed by atoms with E-state index in [2.05, 4.69) is 43.7 Å². The Kier molecular flexibility index (Phi) is 3.54. The predicted octanol–water partition coefficient (Wildman–Crippen LogP) is 4.87. The third kappa shape index (κ3) is 2.20. The number of hydrogen-bond acceptors (Lipinski definition) is 1. The number of carbonyl (C=O) groups excluding carboxylic acids is 1. The van der Waals surface area contributed by atoms with Gasteiger partial charge in [0.25, 0.3) is 0 Å². The van der Waals surface area contributed by atoms with Crippen molar-refractivity contribution in [1.82, 2.24) is 4.57 Å². The van der Waals surface area contributed by atoms with Crippen LogP contribution in [-0.4, -0.2) is 10.5 Å². The number of allylic oxidation sites excluding steroid dienone is 2. The summed E-state index contributed by atoms with van der Waals surface area (Å²) < 4.78 is 1.95. The third-order valence-electron chi connectivity index (χ3n) is 3.86. The number of aryl methyl sites for hydroxylation is 1. The lowest BCUT2D eigenvalue weighted by molar-refractivity contribution is 0.568. The van der Waals surface area contributed by atoms with E-state index in [9.17, 15) is 4.79 Å². The Morgan fingerprint density at radius 1 is 1.09 bits per heavy atom. The van der Waals surface area contributed by atoms with Crippen molar-refractivity contribution in [3.8, 4) is 11.3 Å². The first-order valence-electron chi connectivity index (χ1n) is 7.21. The molecule has 108 valence electrons. The molecule has 0 atom stereocenters. The molecular weight excluding hydrogens is 270 g/mol. The van der Waals surface area contributed by atoms with Crippen LogP contribution < -0.4 is 0 Å². The highest BCUT2D eigenvalue weighted by Crippen LogP contribution is 2.33. The van der Waals surface area contributed by atoms with Crippen molar-refractivity contribution in [1.29, 1.82) is 0 Å². The van der Waals surface area contributed by atoms with Crippen LogP contribution in [-0.2, 0) is 4.79 Å². The van der Waals surface area contributed by atoms with E-state index < -0.39 is 0 Å². The molecule has 0 aliphatic heterocycles. The van der Waals surface area contributed by atoms with E-state index in [1.807, 2.05) is 41.8 Å². The van der Waals surface area contributed by atoms with E-state index in [0.717, 1.165) is 22.2 Å². The molecule has 2 nitrogen and oxygen atoms in total. The highest BCUT2D eigenvalue weighted by Gasteiger charge is 2.16. The number of fused-ring (bicyclic) bond motifs is 1. The Bertz CT molecular complexity index is 924. The Morgan fingerprint density at radius 3 is 2.45 bits per heavy atom. The highest BCUT2D eigenvalue weighted by atomic mass is 16.1. The Balaban J connectivity index is 2.43. The lowest BCUT2D eigenvalue weighted by Gasteiger charge is -2.13. The first-order chi connectivity index (χ1) is 10.6. The Hall–Kier alpha value is -2.83. The van der Waals surface area contributed by atoms with E-state index >= 15 is 0 Å². The fraction of sp³-hybridized carbons (Fsp3) is 0.100. The molecule has 0 amide bonds. The molecule has 0 aliphatic carbocycles. The summed E-state index contributed by atoms with van der Waals surface area (Å²) in [5, 5.41) is 1.09. The van der Waals surface area contributed by atoms with Gasteiger partial charge < -0.3 is 0 Å². The molecule has 0 saturated heterocycles. The molecule has 3 rings (SSSR count). The maximum absolute atomic E-state index is 11.5. The summed E-state index contributed by atoms with van der Waals surface area (Å²) >= 11 is 0. The van der Waals surface area contributed by atoms with E-state index in [4.69, 9.17) is 0 Å². The molecule has 0 fully saturated rings. The third-order valence-corrected chi connectivity index (χ3v) is 3.86. The zero-order valence-electron chi connectivity index (χ0n) is 12.8. The van der Waals surface area contributed by atoms with Gasteiger partial charge in [-0.25, -0.2) is 4.79 Å². The zero-order valence-corrected chi connectivity index (χ0v) is 12.8. The van der Waals surface area contributed by atoms with Gasteiger partial charge in [0.15, 0.2) is 5.94 Å². The van der Waals surface area contributed by atoms with Gasteiger partial charge in [0.2, 0.25) is 0 Å². The van der Waals surface area contributed by atoms with Crippen LogP contribution in [0.25, 0.3) is 27.9 Å². The van der Waals surface area contributed by atoms with Crippen molar-refractivity contribution < 1.29 is 4.79 Å². The van der Waals surface area contributed by atoms with E-state index in [1.165, 1.54) is 5.56 Å². The van der Waals surface area contributed by atoms with Crippen LogP contribution >= 0.6 is 0 Å². The van der Waals surface area contributed by atoms with Gasteiger partial charge in [-0.2, -0.15) is 0 Å². The number of rotatable bonds is 3. The van der Waals surface area contributed by atoms with Crippen LogP contribution in [0.2, 0.25) is 0 Å². The van der Waals surface area contributed by atoms with Crippen molar-refractivity contribution in [2.75, 3.05) is 0 Å². The van der Waals surface area contributed by atoms with Crippen LogP contribution in [0.4, 0.5) is 0 Å². The molecule has 0 saturated carbocycles. The standard InChI is InChI=1S/C20H17NO/c1-14(2)20(13-22)21-18-11-7-5-9-16(18)12-19(21)17-10-6-4-8-15(17)3/h4-12H,1H2,2-3H3. The summed E-state index contributed by atoms with van der Waals surface area (Å²) in [7, 11) is 0. The average molecular weight is 287 g/mol. The number of hydrogen-bond donors (Lipinski definition) is 0. The minimum Gasteiger partial charge on any atom is -0.300 e. The van der Waals surface area contributed by atoms with E-state index in [1.54, 1.807) is 0 Å². The fourth-order valence-electron chi connectivity index (χ4n) is 2.78. The van der Waals surface area contributed by atoms with Crippen molar-refractivity contribution in [2.45, 2.75) is 13.8 Å². The molecule has 22 heavy (non-hydrogen) atoms. The van der Waals surface area contributed by atoms with Gasteiger partial charge in [0, 0.05) is 10.9 Å². The summed E-state index contributed by atoms with van der Waals surface area (Å²) in [4.78, 5) is 11.5.